The maximum Gasteiger partial charge on any atom is 0.332 e. The highest BCUT2D eigenvalue weighted by molar-refractivity contribution is 7.10. The number of carboxylic acid groups (broad SMARTS) is 1. The first-order valence-electron chi connectivity index (χ1n) is 7.83. The van der Waals surface area contributed by atoms with Crippen LogP contribution >= 0.6 is 11.3 Å². The molecule has 24 heavy (non-hydrogen) atoms. The Morgan fingerprint density at radius 1 is 1.21 bits per heavy atom. The minimum Gasteiger partial charge on any atom is -0.494 e. The van der Waals surface area contributed by atoms with Crippen molar-refractivity contribution in [3.8, 4) is 5.75 Å². The van der Waals surface area contributed by atoms with Crippen molar-refractivity contribution in [3.05, 3.63) is 57.8 Å². The Bertz CT molecular complexity index is 699. The average Bonchev–Trinajstić information content (AvgIpc) is 3.08. The van der Waals surface area contributed by atoms with Gasteiger partial charge in [-0.2, -0.15) is 0 Å². The zero-order valence-corrected chi connectivity index (χ0v) is 14.3. The van der Waals surface area contributed by atoms with Crippen molar-refractivity contribution >= 4 is 29.2 Å². The maximum atomic E-state index is 12.3. The van der Waals surface area contributed by atoms with Crippen LogP contribution in [0.1, 0.15) is 41.4 Å². The fourth-order valence-corrected chi connectivity index (χ4v) is 2.76. The van der Waals surface area contributed by atoms with Crippen LogP contribution in [0, 0.1) is 0 Å². The van der Waals surface area contributed by atoms with E-state index in [1.165, 1.54) is 11.3 Å². The van der Waals surface area contributed by atoms with Crippen LogP contribution in [0.15, 0.2) is 47.4 Å². The molecule has 1 aromatic carbocycles. The molecule has 0 aliphatic heterocycles. The largest absolute Gasteiger partial charge is 0.494 e. The summed E-state index contributed by atoms with van der Waals surface area (Å²) in [4.78, 5) is 24.5. The third-order valence-electron chi connectivity index (χ3n) is 3.43. The van der Waals surface area contributed by atoms with Gasteiger partial charge in [0.15, 0.2) is 5.78 Å². The minimum absolute atomic E-state index is 0.0886. The van der Waals surface area contributed by atoms with Gasteiger partial charge in [-0.3, -0.25) is 4.79 Å². The van der Waals surface area contributed by atoms with Crippen molar-refractivity contribution in [1.29, 1.82) is 0 Å². The molecule has 2 aromatic rings. The molecule has 1 heterocycles. The Morgan fingerprint density at radius 3 is 2.54 bits per heavy atom. The van der Waals surface area contributed by atoms with E-state index in [0.29, 0.717) is 17.9 Å². The number of unbranched alkanes of at least 4 members (excludes halogenated alkanes) is 1. The van der Waals surface area contributed by atoms with Crippen molar-refractivity contribution < 1.29 is 19.4 Å². The molecule has 0 radical (unpaired) electrons. The van der Waals surface area contributed by atoms with Crippen LogP contribution in [0.25, 0.3) is 6.08 Å². The number of carbonyl (C=O) groups is 2. The van der Waals surface area contributed by atoms with Gasteiger partial charge in [0.2, 0.25) is 0 Å². The van der Waals surface area contributed by atoms with E-state index in [2.05, 4.69) is 6.92 Å². The number of Topliss-reactive ketones (excluding diaryl/α,β-unsaturated/α-hetero) is 1. The van der Waals surface area contributed by atoms with Crippen LogP contribution in [0.4, 0.5) is 0 Å². The first-order chi connectivity index (χ1) is 11.6. The second-order valence-electron chi connectivity index (χ2n) is 5.32. The van der Waals surface area contributed by atoms with E-state index in [1.807, 2.05) is 17.5 Å². The molecule has 1 N–H and O–H groups in total. The summed E-state index contributed by atoms with van der Waals surface area (Å²) in [5.74, 6) is -0.579. The summed E-state index contributed by atoms with van der Waals surface area (Å²) >= 11 is 1.44. The summed E-state index contributed by atoms with van der Waals surface area (Å²) in [6, 6.07) is 10.5. The fourth-order valence-electron chi connectivity index (χ4n) is 2.08. The molecule has 0 unspecified atom stereocenters. The van der Waals surface area contributed by atoms with E-state index < -0.39 is 5.97 Å². The van der Waals surface area contributed by atoms with E-state index in [1.54, 1.807) is 30.3 Å². The quantitative estimate of drug-likeness (QED) is 0.408. The summed E-state index contributed by atoms with van der Waals surface area (Å²) in [5, 5.41) is 11.2. The molecule has 0 amide bonds. The zero-order chi connectivity index (χ0) is 17.4. The van der Waals surface area contributed by atoms with Crippen LogP contribution in [0.3, 0.4) is 0 Å². The second-order valence-corrected chi connectivity index (χ2v) is 6.30. The topological polar surface area (TPSA) is 63.6 Å². The summed E-state index contributed by atoms with van der Waals surface area (Å²) in [5.41, 5.74) is 0.571. The normalized spacial score (nSPS) is 11.3. The molecule has 0 aliphatic carbocycles. The van der Waals surface area contributed by atoms with Crippen molar-refractivity contribution in [1.82, 2.24) is 0 Å². The van der Waals surface area contributed by atoms with Crippen molar-refractivity contribution in [2.24, 2.45) is 0 Å². The summed E-state index contributed by atoms with van der Waals surface area (Å²) < 4.78 is 5.56. The van der Waals surface area contributed by atoms with Crippen LogP contribution < -0.4 is 4.74 Å². The van der Waals surface area contributed by atoms with Crippen molar-refractivity contribution in [3.63, 3.8) is 0 Å². The Hall–Kier alpha value is -2.40. The van der Waals surface area contributed by atoms with E-state index >= 15 is 0 Å². The standard InChI is InChI=1S/C19H20O4S/c1-2-3-10-23-16-8-6-14(7-9-16)18(20)13-15(19(21)22)12-17-5-4-11-24-17/h4-9,11-12H,2-3,10,13H2,1H3,(H,21,22). The predicted octanol–water partition coefficient (Wildman–Crippen LogP) is 4.67. The van der Waals surface area contributed by atoms with Crippen molar-refractivity contribution in [2.75, 3.05) is 6.61 Å². The number of hydrogen-bond donors (Lipinski definition) is 1. The maximum absolute atomic E-state index is 12.3. The Labute approximate surface area is 145 Å². The van der Waals surface area contributed by atoms with Crippen LogP contribution in [-0.2, 0) is 4.79 Å². The number of ether oxygens (including phenoxy) is 1. The van der Waals surface area contributed by atoms with Gasteiger partial charge in [0.05, 0.1) is 6.61 Å². The van der Waals surface area contributed by atoms with E-state index in [4.69, 9.17) is 4.74 Å². The monoisotopic (exact) mass is 344 g/mol. The second kappa shape index (κ2) is 9.03. The molecular formula is C19H20O4S. The van der Waals surface area contributed by atoms with E-state index in [0.717, 1.165) is 17.7 Å². The van der Waals surface area contributed by atoms with Crippen LogP contribution in [-0.4, -0.2) is 23.5 Å². The summed E-state index contributed by atoms with van der Waals surface area (Å²) in [6.45, 7) is 2.74. The third-order valence-corrected chi connectivity index (χ3v) is 4.25. The highest BCUT2D eigenvalue weighted by atomic mass is 32.1. The summed E-state index contributed by atoms with van der Waals surface area (Å²) in [6.07, 6.45) is 3.46. The molecule has 0 aliphatic rings. The number of aliphatic carboxylic acids is 1. The highest BCUT2D eigenvalue weighted by Crippen LogP contribution is 2.19. The Balaban J connectivity index is 2.03. The van der Waals surface area contributed by atoms with Gasteiger partial charge in [-0.1, -0.05) is 19.4 Å². The number of carbonyl (C=O) groups excluding carboxylic acids is 1. The molecule has 4 nitrogen and oxygen atoms in total. The molecule has 5 heteroatoms. The number of ketones is 1. The lowest BCUT2D eigenvalue weighted by Gasteiger charge is -2.06. The van der Waals surface area contributed by atoms with Crippen molar-refractivity contribution in [2.45, 2.75) is 26.2 Å². The zero-order valence-electron chi connectivity index (χ0n) is 13.5. The fraction of sp³-hybridized carbons (Fsp3) is 0.263. The lowest BCUT2D eigenvalue weighted by molar-refractivity contribution is -0.132. The molecule has 0 fully saturated rings. The smallest absolute Gasteiger partial charge is 0.332 e. The SMILES string of the molecule is CCCCOc1ccc(C(=O)CC(=Cc2cccs2)C(=O)O)cc1. The predicted molar refractivity (Wildman–Crippen MR) is 95.7 cm³/mol. The number of rotatable bonds is 9. The van der Waals surface area contributed by atoms with Gasteiger partial charge < -0.3 is 9.84 Å². The van der Waals surface area contributed by atoms with Gasteiger partial charge in [0.25, 0.3) is 0 Å². The molecule has 0 saturated heterocycles. The summed E-state index contributed by atoms with van der Waals surface area (Å²) in [7, 11) is 0. The molecule has 0 bridgehead atoms. The van der Waals surface area contributed by atoms with Gasteiger partial charge in [0, 0.05) is 22.4 Å². The average molecular weight is 344 g/mol. The third kappa shape index (κ3) is 5.35. The number of benzene rings is 1. The molecule has 0 atom stereocenters. The van der Waals surface area contributed by atoms with Gasteiger partial charge in [0.1, 0.15) is 5.75 Å². The van der Waals surface area contributed by atoms with E-state index in [-0.39, 0.29) is 17.8 Å². The molecule has 2 rings (SSSR count). The lowest BCUT2D eigenvalue weighted by atomic mass is 10.0. The van der Waals surface area contributed by atoms with Crippen LogP contribution in [0.5, 0.6) is 5.75 Å². The van der Waals surface area contributed by atoms with E-state index in [9.17, 15) is 14.7 Å². The number of thiophene rings is 1. The minimum atomic E-state index is -1.07. The van der Waals surface area contributed by atoms with Gasteiger partial charge >= 0.3 is 5.97 Å². The Kier molecular flexibility index (Phi) is 6.75. The van der Waals surface area contributed by atoms with Crippen LogP contribution in [0.2, 0.25) is 0 Å². The lowest BCUT2D eigenvalue weighted by Crippen LogP contribution is -2.08. The number of carboxylic acids is 1. The number of hydrogen-bond acceptors (Lipinski definition) is 4. The first-order valence-corrected chi connectivity index (χ1v) is 8.71. The van der Waals surface area contributed by atoms with Gasteiger partial charge in [-0.05, 0) is 48.2 Å². The van der Waals surface area contributed by atoms with Gasteiger partial charge in [-0.15, -0.1) is 11.3 Å². The highest BCUT2D eigenvalue weighted by Gasteiger charge is 2.15. The molecule has 0 spiro atoms. The first kappa shape index (κ1) is 17.9. The molecular weight excluding hydrogens is 324 g/mol. The Morgan fingerprint density at radius 2 is 1.96 bits per heavy atom. The van der Waals surface area contributed by atoms with Gasteiger partial charge in [-0.25, -0.2) is 4.79 Å². The molecule has 1 aromatic heterocycles. The molecule has 126 valence electrons. The molecule has 0 saturated carbocycles.